The number of benzene rings is 2. The number of hydrogen-bond donors (Lipinski definition) is 2. The standard InChI is InChI=1S/C23H23F3N4O3/c1-30-20(7-8-28-30)19-12-17(5-6-21(19)33-14-18-13-32-10-9-27-18)29-22(31)15-3-2-4-16(11-15)23(24,25)26/h2-8,11-12,18,27H,9-10,13-14H2,1H3,(H,29,31). The van der Waals surface area contributed by atoms with Crippen LogP contribution in [0.3, 0.4) is 0 Å². The molecule has 1 aliphatic heterocycles. The van der Waals surface area contributed by atoms with E-state index in [1.165, 1.54) is 12.1 Å². The number of nitrogens with zero attached hydrogens (tertiary/aromatic N) is 2. The molecule has 2 heterocycles. The minimum Gasteiger partial charge on any atom is -0.491 e. The Bertz CT molecular complexity index is 1120. The van der Waals surface area contributed by atoms with E-state index in [9.17, 15) is 18.0 Å². The average Bonchev–Trinajstić information content (AvgIpc) is 3.24. The lowest BCUT2D eigenvalue weighted by Gasteiger charge is -2.24. The maximum Gasteiger partial charge on any atom is 0.416 e. The Morgan fingerprint density at radius 2 is 2.12 bits per heavy atom. The monoisotopic (exact) mass is 460 g/mol. The Balaban J connectivity index is 1.56. The van der Waals surface area contributed by atoms with Crippen molar-refractivity contribution in [2.45, 2.75) is 12.2 Å². The summed E-state index contributed by atoms with van der Waals surface area (Å²) in [5, 5.41) is 10.2. The summed E-state index contributed by atoms with van der Waals surface area (Å²) >= 11 is 0. The fraction of sp³-hybridized carbons (Fsp3) is 0.304. The molecule has 1 saturated heterocycles. The number of aryl methyl sites for hydroxylation is 1. The number of aromatic nitrogens is 2. The van der Waals surface area contributed by atoms with Gasteiger partial charge in [0.15, 0.2) is 0 Å². The molecule has 1 unspecified atom stereocenters. The largest absolute Gasteiger partial charge is 0.491 e. The fourth-order valence-electron chi connectivity index (χ4n) is 3.53. The third kappa shape index (κ3) is 5.52. The van der Waals surface area contributed by atoms with Gasteiger partial charge in [-0.2, -0.15) is 18.3 Å². The van der Waals surface area contributed by atoms with Crippen LogP contribution in [0.25, 0.3) is 11.3 Å². The molecule has 1 atom stereocenters. The second kappa shape index (κ2) is 9.63. The molecule has 0 bridgehead atoms. The molecule has 174 valence electrons. The Hall–Kier alpha value is -3.37. The van der Waals surface area contributed by atoms with Crippen LogP contribution >= 0.6 is 0 Å². The minimum absolute atomic E-state index is 0.0541. The van der Waals surface area contributed by atoms with Crippen molar-refractivity contribution in [2.24, 2.45) is 7.05 Å². The van der Waals surface area contributed by atoms with Gasteiger partial charge in [0.05, 0.1) is 30.5 Å². The molecule has 0 saturated carbocycles. The van der Waals surface area contributed by atoms with Gasteiger partial charge in [0.2, 0.25) is 0 Å². The van der Waals surface area contributed by atoms with Gasteiger partial charge in [-0.05, 0) is 42.5 Å². The number of carbonyl (C=O) groups excluding carboxylic acids is 1. The first-order valence-electron chi connectivity index (χ1n) is 10.4. The summed E-state index contributed by atoms with van der Waals surface area (Å²) in [6.07, 6.45) is -2.89. The molecular formula is C23H23F3N4O3. The number of ether oxygens (including phenoxy) is 2. The summed E-state index contributed by atoms with van der Waals surface area (Å²) in [4.78, 5) is 12.6. The number of amides is 1. The van der Waals surface area contributed by atoms with Gasteiger partial charge in [0.1, 0.15) is 12.4 Å². The van der Waals surface area contributed by atoms with E-state index in [0.29, 0.717) is 36.8 Å². The first-order chi connectivity index (χ1) is 15.8. The highest BCUT2D eigenvalue weighted by Crippen LogP contribution is 2.33. The van der Waals surface area contributed by atoms with E-state index in [4.69, 9.17) is 9.47 Å². The summed E-state index contributed by atoms with van der Waals surface area (Å²) in [5.41, 5.74) is 0.895. The van der Waals surface area contributed by atoms with E-state index in [1.807, 2.05) is 6.07 Å². The topological polar surface area (TPSA) is 77.4 Å². The molecule has 1 fully saturated rings. The average molecular weight is 460 g/mol. The molecule has 1 aromatic heterocycles. The number of nitrogens with one attached hydrogen (secondary N) is 2. The number of anilines is 1. The molecule has 3 aromatic rings. The zero-order chi connectivity index (χ0) is 23.4. The van der Waals surface area contributed by atoms with Gasteiger partial charge in [-0.3, -0.25) is 9.48 Å². The molecule has 2 N–H and O–H groups in total. The van der Waals surface area contributed by atoms with Gasteiger partial charge in [0.25, 0.3) is 5.91 Å². The molecule has 4 rings (SSSR count). The Kier molecular flexibility index (Phi) is 6.66. The number of carbonyl (C=O) groups is 1. The highest BCUT2D eigenvalue weighted by Gasteiger charge is 2.31. The third-order valence-corrected chi connectivity index (χ3v) is 5.22. The van der Waals surface area contributed by atoms with Crippen LogP contribution < -0.4 is 15.4 Å². The second-order valence-electron chi connectivity index (χ2n) is 7.62. The maximum absolute atomic E-state index is 13.0. The van der Waals surface area contributed by atoms with Gasteiger partial charge in [0, 0.05) is 36.6 Å². The zero-order valence-electron chi connectivity index (χ0n) is 17.9. The van der Waals surface area contributed by atoms with Crippen molar-refractivity contribution < 1.29 is 27.4 Å². The number of rotatable bonds is 6. The van der Waals surface area contributed by atoms with Crippen LogP contribution in [-0.2, 0) is 18.0 Å². The van der Waals surface area contributed by atoms with E-state index in [-0.39, 0.29) is 11.6 Å². The van der Waals surface area contributed by atoms with Crippen molar-refractivity contribution in [1.82, 2.24) is 15.1 Å². The van der Waals surface area contributed by atoms with Crippen LogP contribution in [0.1, 0.15) is 15.9 Å². The number of alkyl halides is 3. The SMILES string of the molecule is Cn1nccc1-c1cc(NC(=O)c2cccc(C(F)(F)F)c2)ccc1OCC1COCCN1. The zero-order valence-corrected chi connectivity index (χ0v) is 17.9. The summed E-state index contributed by atoms with van der Waals surface area (Å²) in [6, 6.07) is 11.2. The maximum atomic E-state index is 13.0. The van der Waals surface area contributed by atoms with Crippen LogP contribution in [0.2, 0.25) is 0 Å². The predicted octanol–water partition coefficient (Wildman–Crippen LogP) is 3.73. The van der Waals surface area contributed by atoms with Crippen LogP contribution in [0.4, 0.5) is 18.9 Å². The van der Waals surface area contributed by atoms with Crippen molar-refractivity contribution in [3.63, 3.8) is 0 Å². The second-order valence-corrected chi connectivity index (χ2v) is 7.62. The Morgan fingerprint density at radius 3 is 2.82 bits per heavy atom. The van der Waals surface area contributed by atoms with Gasteiger partial charge in [-0.15, -0.1) is 0 Å². The molecule has 7 nitrogen and oxygen atoms in total. The van der Waals surface area contributed by atoms with Crippen molar-refractivity contribution in [1.29, 1.82) is 0 Å². The lowest BCUT2D eigenvalue weighted by atomic mass is 10.1. The van der Waals surface area contributed by atoms with Gasteiger partial charge >= 0.3 is 6.18 Å². The number of hydrogen-bond acceptors (Lipinski definition) is 5. The Labute approximate surface area is 188 Å². The van der Waals surface area contributed by atoms with Gasteiger partial charge < -0.3 is 20.1 Å². The summed E-state index contributed by atoms with van der Waals surface area (Å²) in [7, 11) is 1.78. The molecule has 1 aliphatic rings. The molecule has 0 spiro atoms. The Morgan fingerprint density at radius 1 is 1.27 bits per heavy atom. The number of morpholine rings is 1. The molecule has 0 aliphatic carbocycles. The van der Waals surface area contributed by atoms with Crippen molar-refractivity contribution in [3.8, 4) is 17.0 Å². The lowest BCUT2D eigenvalue weighted by Crippen LogP contribution is -2.44. The smallest absolute Gasteiger partial charge is 0.416 e. The van der Waals surface area contributed by atoms with E-state index < -0.39 is 17.6 Å². The highest BCUT2D eigenvalue weighted by atomic mass is 19.4. The molecular weight excluding hydrogens is 437 g/mol. The van der Waals surface area contributed by atoms with Crippen molar-refractivity contribution >= 4 is 11.6 Å². The molecule has 2 aromatic carbocycles. The highest BCUT2D eigenvalue weighted by molar-refractivity contribution is 6.04. The van der Waals surface area contributed by atoms with E-state index >= 15 is 0 Å². The van der Waals surface area contributed by atoms with E-state index in [0.717, 1.165) is 24.4 Å². The molecule has 33 heavy (non-hydrogen) atoms. The quantitative estimate of drug-likeness (QED) is 0.586. The summed E-state index contributed by atoms with van der Waals surface area (Å²) in [5.74, 6) is -0.0580. The minimum atomic E-state index is -4.53. The molecule has 10 heteroatoms. The molecule has 1 amide bonds. The number of halogens is 3. The summed E-state index contributed by atoms with van der Waals surface area (Å²) in [6.45, 7) is 2.35. The van der Waals surface area contributed by atoms with Gasteiger partial charge in [-0.1, -0.05) is 6.07 Å². The van der Waals surface area contributed by atoms with Crippen LogP contribution in [0, 0.1) is 0 Å². The predicted molar refractivity (Wildman–Crippen MR) is 116 cm³/mol. The molecule has 0 radical (unpaired) electrons. The van der Waals surface area contributed by atoms with Gasteiger partial charge in [-0.25, -0.2) is 0 Å². The van der Waals surface area contributed by atoms with Crippen LogP contribution in [0.5, 0.6) is 5.75 Å². The fourth-order valence-corrected chi connectivity index (χ4v) is 3.53. The first-order valence-corrected chi connectivity index (χ1v) is 10.4. The van der Waals surface area contributed by atoms with Crippen LogP contribution in [-0.4, -0.2) is 48.1 Å². The third-order valence-electron chi connectivity index (χ3n) is 5.22. The van der Waals surface area contributed by atoms with E-state index in [2.05, 4.69) is 15.7 Å². The summed E-state index contributed by atoms with van der Waals surface area (Å²) < 4.78 is 52.1. The first kappa shape index (κ1) is 22.8. The van der Waals surface area contributed by atoms with Crippen molar-refractivity contribution in [3.05, 3.63) is 65.9 Å². The van der Waals surface area contributed by atoms with Crippen LogP contribution in [0.15, 0.2) is 54.7 Å². The normalized spacial score (nSPS) is 16.4. The van der Waals surface area contributed by atoms with Crippen molar-refractivity contribution in [2.75, 3.05) is 31.7 Å². The lowest BCUT2D eigenvalue weighted by molar-refractivity contribution is -0.137. The van der Waals surface area contributed by atoms with E-state index in [1.54, 1.807) is 36.1 Å².